The van der Waals surface area contributed by atoms with Gasteiger partial charge in [-0.05, 0) is 13.0 Å². The topological polar surface area (TPSA) is 91.2 Å². The molecule has 1 aromatic carbocycles. The fourth-order valence-corrected chi connectivity index (χ4v) is 2.67. The average Bonchev–Trinajstić information content (AvgIpc) is 3.22. The smallest absolute Gasteiger partial charge is 0.227 e. The standard InChI is InChI=1S/C20H21F2N5O3/c1-4-16(28)14-6-17(29-3)19(22)15(18(14)21)11-30-13-8-23-20(24-9-13)26-12-7-25-27(5-2)10-12/h6-10H,4-5,11H2,1-3H3,(H,23,24,26). The zero-order chi connectivity index (χ0) is 21.7. The molecule has 0 aliphatic carbocycles. The number of anilines is 2. The number of hydrogen-bond acceptors (Lipinski definition) is 7. The van der Waals surface area contributed by atoms with E-state index in [0.717, 1.165) is 18.3 Å². The summed E-state index contributed by atoms with van der Waals surface area (Å²) in [5.41, 5.74) is 0.0808. The number of rotatable bonds is 9. The molecule has 0 amide bonds. The molecule has 0 spiro atoms. The van der Waals surface area contributed by atoms with Crippen LogP contribution >= 0.6 is 0 Å². The number of aromatic nitrogens is 4. The Kier molecular flexibility index (Phi) is 6.55. The van der Waals surface area contributed by atoms with Gasteiger partial charge in [0.05, 0.1) is 42.5 Å². The molecule has 8 nitrogen and oxygen atoms in total. The molecule has 1 N–H and O–H groups in total. The van der Waals surface area contributed by atoms with Gasteiger partial charge in [0, 0.05) is 19.2 Å². The maximum absolute atomic E-state index is 14.7. The van der Waals surface area contributed by atoms with Crippen molar-refractivity contribution in [3.8, 4) is 11.5 Å². The lowest BCUT2D eigenvalue weighted by Gasteiger charge is -2.13. The van der Waals surface area contributed by atoms with Gasteiger partial charge < -0.3 is 14.8 Å². The summed E-state index contributed by atoms with van der Waals surface area (Å²) in [6, 6.07) is 1.06. The summed E-state index contributed by atoms with van der Waals surface area (Å²) in [6.07, 6.45) is 6.25. The number of halogens is 2. The van der Waals surface area contributed by atoms with Crippen LogP contribution in [0, 0.1) is 11.6 Å². The van der Waals surface area contributed by atoms with E-state index in [9.17, 15) is 13.6 Å². The normalized spacial score (nSPS) is 10.7. The fourth-order valence-electron chi connectivity index (χ4n) is 2.67. The molecule has 10 heteroatoms. The molecule has 0 saturated heterocycles. The summed E-state index contributed by atoms with van der Waals surface area (Å²) in [5, 5.41) is 7.12. The molecule has 0 saturated carbocycles. The number of carbonyl (C=O) groups is 1. The summed E-state index contributed by atoms with van der Waals surface area (Å²) >= 11 is 0. The Morgan fingerprint density at radius 2 is 1.90 bits per heavy atom. The van der Waals surface area contributed by atoms with E-state index in [-0.39, 0.29) is 23.5 Å². The van der Waals surface area contributed by atoms with E-state index in [0.29, 0.717) is 5.95 Å². The summed E-state index contributed by atoms with van der Waals surface area (Å²) in [6.45, 7) is 3.83. The van der Waals surface area contributed by atoms with E-state index in [1.807, 2.05) is 6.92 Å². The number of ketones is 1. The number of Topliss-reactive ketones (excluding diaryl/α,β-unsaturated/α-hetero) is 1. The first-order chi connectivity index (χ1) is 14.5. The van der Waals surface area contributed by atoms with Crippen molar-refractivity contribution in [3.05, 3.63) is 53.6 Å². The van der Waals surface area contributed by atoms with Gasteiger partial charge in [-0.2, -0.15) is 5.10 Å². The first-order valence-electron chi connectivity index (χ1n) is 9.29. The third-order valence-corrected chi connectivity index (χ3v) is 4.32. The highest BCUT2D eigenvalue weighted by atomic mass is 19.1. The van der Waals surface area contributed by atoms with Crippen LogP contribution < -0.4 is 14.8 Å². The number of methoxy groups -OCH3 is 1. The highest BCUT2D eigenvalue weighted by Gasteiger charge is 2.23. The summed E-state index contributed by atoms with van der Waals surface area (Å²) < 4.78 is 41.3. The third kappa shape index (κ3) is 4.53. The molecule has 0 atom stereocenters. The van der Waals surface area contributed by atoms with Crippen molar-refractivity contribution < 1.29 is 23.0 Å². The minimum atomic E-state index is -0.965. The van der Waals surface area contributed by atoms with Crippen LogP contribution in [-0.2, 0) is 13.2 Å². The third-order valence-electron chi connectivity index (χ3n) is 4.32. The monoisotopic (exact) mass is 417 g/mol. The molecule has 0 aliphatic rings. The molecule has 0 bridgehead atoms. The van der Waals surface area contributed by atoms with Gasteiger partial charge in [0.1, 0.15) is 12.4 Å². The molecular weight excluding hydrogens is 396 g/mol. The Morgan fingerprint density at radius 1 is 1.17 bits per heavy atom. The maximum Gasteiger partial charge on any atom is 0.227 e. The van der Waals surface area contributed by atoms with Gasteiger partial charge in [0.25, 0.3) is 0 Å². The Hall–Kier alpha value is -3.56. The maximum atomic E-state index is 14.7. The van der Waals surface area contributed by atoms with Gasteiger partial charge in [-0.3, -0.25) is 9.48 Å². The van der Waals surface area contributed by atoms with Gasteiger partial charge in [-0.15, -0.1) is 0 Å². The van der Waals surface area contributed by atoms with Gasteiger partial charge in [0.2, 0.25) is 5.95 Å². The average molecular weight is 417 g/mol. The second-order valence-electron chi connectivity index (χ2n) is 6.25. The Labute approximate surface area is 171 Å². The SMILES string of the molecule is CCC(=O)c1cc(OC)c(F)c(COc2cnc(Nc3cnn(CC)c3)nc2)c1F. The molecule has 0 unspecified atom stereocenters. The number of hydrogen-bond donors (Lipinski definition) is 1. The van der Waals surface area contributed by atoms with Gasteiger partial charge >= 0.3 is 0 Å². The van der Waals surface area contributed by atoms with Crippen LogP contribution in [0.1, 0.15) is 36.2 Å². The van der Waals surface area contributed by atoms with Crippen LogP contribution in [0.2, 0.25) is 0 Å². The fraction of sp³-hybridized carbons (Fsp3) is 0.300. The molecule has 3 aromatic rings. The summed E-state index contributed by atoms with van der Waals surface area (Å²) in [7, 11) is 1.24. The zero-order valence-corrected chi connectivity index (χ0v) is 16.8. The number of nitrogens with one attached hydrogen (secondary N) is 1. The first-order valence-corrected chi connectivity index (χ1v) is 9.29. The van der Waals surface area contributed by atoms with Crippen molar-refractivity contribution in [2.45, 2.75) is 33.4 Å². The minimum absolute atomic E-state index is 0.0749. The molecule has 30 heavy (non-hydrogen) atoms. The first kappa shape index (κ1) is 21.2. The highest BCUT2D eigenvalue weighted by molar-refractivity contribution is 5.96. The van der Waals surface area contributed by atoms with E-state index in [1.165, 1.54) is 19.5 Å². The highest BCUT2D eigenvalue weighted by Crippen LogP contribution is 2.28. The molecule has 3 rings (SSSR count). The molecule has 0 aliphatic heterocycles. The Bertz CT molecular complexity index is 1040. The van der Waals surface area contributed by atoms with Crippen molar-refractivity contribution in [1.29, 1.82) is 0 Å². The molecule has 2 aromatic heterocycles. The molecule has 158 valence electrons. The minimum Gasteiger partial charge on any atom is -0.494 e. The largest absolute Gasteiger partial charge is 0.494 e. The molecule has 0 fully saturated rings. The van der Waals surface area contributed by atoms with E-state index in [2.05, 4.69) is 20.4 Å². The number of benzene rings is 1. The number of carbonyl (C=O) groups excluding carboxylic acids is 1. The van der Waals surface area contributed by atoms with E-state index >= 15 is 0 Å². The van der Waals surface area contributed by atoms with Crippen molar-refractivity contribution in [1.82, 2.24) is 19.7 Å². The lowest BCUT2D eigenvalue weighted by molar-refractivity contribution is 0.0983. The number of nitrogens with zero attached hydrogens (tertiary/aromatic N) is 4. The van der Waals surface area contributed by atoms with Gasteiger partial charge in [0.15, 0.2) is 23.1 Å². The van der Waals surface area contributed by atoms with Crippen LogP contribution in [0.5, 0.6) is 11.5 Å². The van der Waals surface area contributed by atoms with Gasteiger partial charge in [-0.1, -0.05) is 6.92 Å². The molecular formula is C20H21F2N5O3. The van der Waals surface area contributed by atoms with E-state index in [1.54, 1.807) is 24.0 Å². The predicted molar refractivity (Wildman–Crippen MR) is 105 cm³/mol. The van der Waals surface area contributed by atoms with Crippen molar-refractivity contribution in [2.24, 2.45) is 0 Å². The Balaban J connectivity index is 1.74. The Morgan fingerprint density at radius 3 is 2.50 bits per heavy atom. The van der Waals surface area contributed by atoms with Crippen molar-refractivity contribution in [2.75, 3.05) is 12.4 Å². The molecule has 0 radical (unpaired) electrons. The second-order valence-corrected chi connectivity index (χ2v) is 6.25. The predicted octanol–water partition coefficient (Wildman–Crippen LogP) is 3.90. The summed E-state index contributed by atoms with van der Waals surface area (Å²) in [5.74, 6) is -2.06. The zero-order valence-electron chi connectivity index (χ0n) is 16.8. The summed E-state index contributed by atoms with van der Waals surface area (Å²) in [4.78, 5) is 20.2. The lowest BCUT2D eigenvalue weighted by Crippen LogP contribution is -2.10. The van der Waals surface area contributed by atoms with Crippen molar-refractivity contribution in [3.63, 3.8) is 0 Å². The lowest BCUT2D eigenvalue weighted by atomic mass is 10.0. The number of ether oxygens (including phenoxy) is 2. The van der Waals surface area contributed by atoms with E-state index < -0.39 is 29.6 Å². The van der Waals surface area contributed by atoms with Crippen LogP contribution in [0.15, 0.2) is 30.9 Å². The quantitative estimate of drug-likeness (QED) is 0.528. The van der Waals surface area contributed by atoms with Gasteiger partial charge in [-0.25, -0.2) is 18.7 Å². The second kappa shape index (κ2) is 9.29. The van der Waals surface area contributed by atoms with Crippen LogP contribution in [0.4, 0.5) is 20.4 Å². The van der Waals surface area contributed by atoms with E-state index in [4.69, 9.17) is 9.47 Å². The van der Waals surface area contributed by atoms with Crippen molar-refractivity contribution >= 4 is 17.4 Å². The van der Waals surface area contributed by atoms with Crippen LogP contribution in [-0.4, -0.2) is 32.6 Å². The van der Waals surface area contributed by atoms with Crippen LogP contribution in [0.25, 0.3) is 0 Å². The molecule has 2 heterocycles. The van der Waals surface area contributed by atoms with Crippen LogP contribution in [0.3, 0.4) is 0 Å². The number of aryl methyl sites for hydroxylation is 1.